The number of hydrogen-bond donors (Lipinski definition) is 0. The summed E-state index contributed by atoms with van der Waals surface area (Å²) in [6.07, 6.45) is 6.33. The number of rotatable bonds is 4. The van der Waals surface area contributed by atoms with Gasteiger partial charge in [-0.3, -0.25) is 4.57 Å². The number of fused-ring (bicyclic) bond motifs is 7. The monoisotopic (exact) mass is 658 g/mol. The Morgan fingerprint density at radius 1 is 0.700 bits per heavy atom. The van der Waals surface area contributed by atoms with Crippen LogP contribution in [0.5, 0.6) is 0 Å². The average molecular weight is 659 g/mol. The summed E-state index contributed by atoms with van der Waals surface area (Å²) in [5.41, 5.74) is 12.4. The number of para-hydroxylation sites is 1. The maximum Gasteiger partial charge on any atom is 0.137 e. The van der Waals surface area contributed by atoms with Gasteiger partial charge in [0.2, 0.25) is 0 Å². The Labute approximate surface area is 295 Å². The van der Waals surface area contributed by atoms with Crippen LogP contribution < -0.4 is 9.80 Å². The highest BCUT2D eigenvalue weighted by Gasteiger charge is 2.35. The molecule has 2 aliphatic heterocycles. The molecule has 0 radical (unpaired) electrons. The van der Waals surface area contributed by atoms with Gasteiger partial charge in [-0.15, -0.1) is 0 Å². The molecule has 0 unspecified atom stereocenters. The molecular weight excluding hydrogens is 613 g/mol. The van der Waals surface area contributed by atoms with Gasteiger partial charge in [-0.2, -0.15) is 0 Å². The molecule has 0 spiro atoms. The summed E-state index contributed by atoms with van der Waals surface area (Å²) < 4.78 is 4.80. The molecule has 7 aromatic rings. The first kappa shape index (κ1) is 30.9. The second-order valence-electron chi connectivity index (χ2n) is 16.3. The Bertz CT molecular complexity index is 2430. The Kier molecular flexibility index (Phi) is 6.93. The molecule has 9 rings (SSSR count). The maximum atomic E-state index is 5.12. The lowest BCUT2D eigenvalue weighted by Gasteiger charge is -2.34. The zero-order valence-corrected chi connectivity index (χ0v) is 30.2. The molecule has 0 N–H and O–H groups in total. The second kappa shape index (κ2) is 11.2. The van der Waals surface area contributed by atoms with Gasteiger partial charge in [0.1, 0.15) is 11.6 Å². The minimum absolute atomic E-state index is 0.0192. The number of aryl methyl sites for hydroxylation is 2. The lowest BCUT2D eigenvalue weighted by molar-refractivity contribution is 0.517. The molecule has 5 heterocycles. The van der Waals surface area contributed by atoms with Crippen LogP contribution >= 0.6 is 0 Å². The van der Waals surface area contributed by atoms with E-state index in [1.807, 2.05) is 6.20 Å². The van der Waals surface area contributed by atoms with Crippen molar-refractivity contribution < 1.29 is 0 Å². The highest BCUT2D eigenvalue weighted by Crippen LogP contribution is 2.46. The fourth-order valence-electron chi connectivity index (χ4n) is 8.16. The van der Waals surface area contributed by atoms with Crippen molar-refractivity contribution in [2.45, 2.75) is 84.7 Å². The Morgan fingerprint density at radius 3 is 2.36 bits per heavy atom. The molecule has 252 valence electrons. The van der Waals surface area contributed by atoms with E-state index in [4.69, 9.17) is 9.97 Å². The van der Waals surface area contributed by atoms with Crippen molar-refractivity contribution in [3.05, 3.63) is 120 Å². The molecule has 0 saturated carbocycles. The second-order valence-corrected chi connectivity index (χ2v) is 16.3. The summed E-state index contributed by atoms with van der Waals surface area (Å²) in [6, 6.07) is 33.9. The number of aromatic nitrogens is 4. The largest absolute Gasteiger partial charge is 0.347 e. The fraction of sp³-hybridized carbons (Fsp3) is 0.318. The van der Waals surface area contributed by atoms with Gasteiger partial charge < -0.3 is 14.4 Å². The first-order valence-electron chi connectivity index (χ1n) is 18.2. The number of benzene rings is 4. The highest BCUT2D eigenvalue weighted by atomic mass is 15.4. The number of anilines is 3. The summed E-state index contributed by atoms with van der Waals surface area (Å²) in [7, 11) is 0. The molecule has 0 fully saturated rings. The number of pyridine rings is 1. The maximum absolute atomic E-state index is 5.12. The Balaban J connectivity index is 1.10. The molecule has 3 aromatic heterocycles. The lowest BCUT2D eigenvalue weighted by Crippen LogP contribution is -2.42. The molecule has 50 heavy (non-hydrogen) atoms. The van der Waals surface area contributed by atoms with Gasteiger partial charge in [0.25, 0.3) is 0 Å². The van der Waals surface area contributed by atoms with Crippen molar-refractivity contribution in [1.29, 1.82) is 0 Å². The smallest absolute Gasteiger partial charge is 0.137 e. The molecule has 6 nitrogen and oxygen atoms in total. The van der Waals surface area contributed by atoms with Crippen molar-refractivity contribution in [3.8, 4) is 5.82 Å². The van der Waals surface area contributed by atoms with Crippen molar-refractivity contribution in [2.24, 2.45) is 0 Å². The summed E-state index contributed by atoms with van der Waals surface area (Å²) in [6.45, 7) is 15.6. The normalized spacial score (nSPS) is 15.0. The predicted octanol–water partition coefficient (Wildman–Crippen LogP) is 10.5. The van der Waals surface area contributed by atoms with Crippen molar-refractivity contribution in [3.63, 3.8) is 0 Å². The predicted molar refractivity (Wildman–Crippen MR) is 208 cm³/mol. The van der Waals surface area contributed by atoms with Crippen LogP contribution in [0.15, 0.2) is 97.2 Å². The van der Waals surface area contributed by atoms with Crippen LogP contribution in [0.25, 0.3) is 38.7 Å². The minimum Gasteiger partial charge on any atom is -0.347 e. The molecule has 6 heteroatoms. The van der Waals surface area contributed by atoms with E-state index in [9.17, 15) is 0 Å². The third kappa shape index (κ3) is 5.07. The van der Waals surface area contributed by atoms with E-state index in [0.29, 0.717) is 0 Å². The van der Waals surface area contributed by atoms with E-state index in [0.717, 1.165) is 37.4 Å². The zero-order chi connectivity index (χ0) is 34.4. The summed E-state index contributed by atoms with van der Waals surface area (Å²) in [4.78, 5) is 15.0. The van der Waals surface area contributed by atoms with E-state index < -0.39 is 0 Å². The van der Waals surface area contributed by atoms with Crippen LogP contribution in [0, 0.1) is 0 Å². The van der Waals surface area contributed by atoms with Crippen LogP contribution in [0.1, 0.15) is 76.9 Å². The SMILES string of the molecule is CC(C)(C)c1ccnc(-n2c3ccccc3c3ccc(Cc4cccc(N5CN(C(C)(C)C)c6cc7c(cc65)nc5n7CCCC5)c4)cc32)c1. The van der Waals surface area contributed by atoms with Crippen molar-refractivity contribution >= 4 is 49.9 Å². The molecule has 0 atom stereocenters. The van der Waals surface area contributed by atoms with Crippen LogP contribution in [0.3, 0.4) is 0 Å². The molecule has 0 amide bonds. The van der Waals surface area contributed by atoms with Crippen molar-refractivity contribution in [2.75, 3.05) is 16.5 Å². The van der Waals surface area contributed by atoms with E-state index in [1.54, 1.807) is 0 Å². The summed E-state index contributed by atoms with van der Waals surface area (Å²) in [5, 5.41) is 2.51. The van der Waals surface area contributed by atoms with E-state index in [2.05, 4.69) is 151 Å². The zero-order valence-electron chi connectivity index (χ0n) is 30.2. The van der Waals surface area contributed by atoms with Crippen LogP contribution in [-0.4, -0.2) is 31.3 Å². The average Bonchev–Trinajstić information content (AvgIpc) is 3.76. The van der Waals surface area contributed by atoms with Crippen LogP contribution in [0.2, 0.25) is 0 Å². The summed E-state index contributed by atoms with van der Waals surface area (Å²) in [5.74, 6) is 2.20. The Hall–Kier alpha value is -5.10. The first-order chi connectivity index (χ1) is 24.0. The van der Waals surface area contributed by atoms with Gasteiger partial charge in [-0.1, -0.05) is 63.2 Å². The van der Waals surface area contributed by atoms with Crippen LogP contribution in [0.4, 0.5) is 17.1 Å². The Morgan fingerprint density at radius 2 is 1.52 bits per heavy atom. The van der Waals surface area contributed by atoms with Crippen LogP contribution in [-0.2, 0) is 24.8 Å². The quantitative estimate of drug-likeness (QED) is 0.189. The van der Waals surface area contributed by atoms with Gasteiger partial charge in [-0.25, -0.2) is 9.97 Å². The van der Waals surface area contributed by atoms with Crippen molar-refractivity contribution in [1.82, 2.24) is 19.1 Å². The van der Waals surface area contributed by atoms with Gasteiger partial charge in [0.15, 0.2) is 0 Å². The van der Waals surface area contributed by atoms with E-state index in [-0.39, 0.29) is 11.0 Å². The number of hydrogen-bond acceptors (Lipinski definition) is 4. The van der Waals surface area contributed by atoms with Gasteiger partial charge in [0, 0.05) is 41.2 Å². The van der Waals surface area contributed by atoms with E-state index in [1.165, 1.54) is 79.7 Å². The lowest BCUT2D eigenvalue weighted by atomic mass is 9.88. The minimum atomic E-state index is -0.0192. The molecule has 0 bridgehead atoms. The molecule has 4 aromatic carbocycles. The fourth-order valence-corrected chi connectivity index (χ4v) is 8.16. The number of imidazole rings is 1. The molecule has 0 aliphatic carbocycles. The molecule has 2 aliphatic rings. The van der Waals surface area contributed by atoms with Gasteiger partial charge in [-0.05, 0) is 111 Å². The summed E-state index contributed by atoms with van der Waals surface area (Å²) >= 11 is 0. The van der Waals surface area contributed by atoms with Gasteiger partial charge in [0.05, 0.1) is 40.1 Å². The highest BCUT2D eigenvalue weighted by molar-refractivity contribution is 6.09. The molecule has 0 saturated heterocycles. The molecular formula is C44H46N6. The van der Waals surface area contributed by atoms with E-state index >= 15 is 0 Å². The first-order valence-corrected chi connectivity index (χ1v) is 18.2. The third-order valence-electron chi connectivity index (χ3n) is 10.8. The third-order valence-corrected chi connectivity index (χ3v) is 10.8. The standard InChI is InChI=1S/C44H46N6/c1-43(2,3)31-19-20-45-42(25-31)50-36-15-8-7-14-33(36)34-18-17-30(24-37(34)50)22-29-12-11-13-32(23-29)48-28-49(44(4,5)6)40-27-38-35(26-39(40)48)46-41-16-9-10-21-47(38)41/h7-8,11-15,17-20,23-27H,9-10,16,21-22,28H2,1-6H3. The van der Waals surface area contributed by atoms with Gasteiger partial charge >= 0.3 is 0 Å². The topological polar surface area (TPSA) is 42.1 Å². The number of nitrogens with zero attached hydrogens (tertiary/aromatic N) is 6.